The smallest absolute Gasteiger partial charge is 0.277 e. The largest absolute Gasteiger partial charge is 0.483 e. The first-order valence-electron chi connectivity index (χ1n) is 8.98. The van der Waals surface area contributed by atoms with Crippen molar-refractivity contribution < 1.29 is 9.53 Å². The first-order valence-corrected chi connectivity index (χ1v) is 8.98. The van der Waals surface area contributed by atoms with E-state index in [-0.39, 0.29) is 17.9 Å². The fourth-order valence-electron chi connectivity index (χ4n) is 3.02. The summed E-state index contributed by atoms with van der Waals surface area (Å²) in [5, 5.41) is 5.16. The Hall–Kier alpha value is -3.08. The van der Waals surface area contributed by atoms with Crippen molar-refractivity contribution in [3.8, 4) is 5.75 Å². The Bertz CT molecular complexity index is 981. The highest BCUT2D eigenvalue weighted by Gasteiger charge is 2.18. The Morgan fingerprint density at radius 3 is 2.63 bits per heavy atom. The second-order valence-corrected chi connectivity index (χ2v) is 7.54. The number of H-pyrrole nitrogens is 1. The summed E-state index contributed by atoms with van der Waals surface area (Å²) in [5.41, 5.74) is 6.55. The lowest BCUT2D eigenvalue weighted by Crippen LogP contribution is -2.25. The second kappa shape index (κ2) is 7.66. The van der Waals surface area contributed by atoms with E-state index < -0.39 is 0 Å². The normalized spacial score (nSPS) is 11.9. The molecule has 1 heterocycles. The first-order chi connectivity index (χ1) is 12.9. The van der Waals surface area contributed by atoms with Crippen molar-refractivity contribution in [2.24, 2.45) is 5.10 Å². The van der Waals surface area contributed by atoms with Crippen molar-refractivity contribution >= 4 is 23.0 Å². The average molecular weight is 363 g/mol. The minimum absolute atomic E-state index is 0.0575. The van der Waals surface area contributed by atoms with Gasteiger partial charge in [-0.25, -0.2) is 5.43 Å². The summed E-state index contributed by atoms with van der Waals surface area (Å²) in [7, 11) is 0. The molecule has 27 heavy (non-hydrogen) atoms. The maximum Gasteiger partial charge on any atom is 0.277 e. The van der Waals surface area contributed by atoms with E-state index in [1.54, 1.807) is 6.21 Å². The Balaban J connectivity index is 1.62. The van der Waals surface area contributed by atoms with Crippen LogP contribution >= 0.6 is 0 Å². The van der Waals surface area contributed by atoms with Crippen molar-refractivity contribution in [3.05, 3.63) is 65.4 Å². The topological polar surface area (TPSA) is 66.5 Å². The number of ether oxygens (including phenoxy) is 1. The van der Waals surface area contributed by atoms with E-state index in [1.165, 1.54) is 0 Å². The van der Waals surface area contributed by atoms with Crippen molar-refractivity contribution in [1.82, 2.24) is 10.4 Å². The standard InChI is InChI=1S/C22H25N3O2/c1-15-17(16-9-5-7-11-19(16)24-15)13-23-25-21(26)14-27-20-12-8-6-10-18(20)22(2,3)4/h5-13,24H,14H2,1-4H3,(H,25,26)/b23-13+. The van der Waals surface area contributed by atoms with Crippen LogP contribution in [0, 0.1) is 6.92 Å². The van der Waals surface area contributed by atoms with Crippen LogP contribution in [0.1, 0.15) is 37.6 Å². The van der Waals surface area contributed by atoms with E-state index in [0.717, 1.165) is 33.5 Å². The molecule has 0 bridgehead atoms. The molecule has 0 unspecified atom stereocenters. The molecule has 1 aromatic heterocycles. The third kappa shape index (κ3) is 4.37. The van der Waals surface area contributed by atoms with Gasteiger partial charge in [0.2, 0.25) is 0 Å². The average Bonchev–Trinajstić information content (AvgIpc) is 2.95. The van der Waals surface area contributed by atoms with Gasteiger partial charge in [-0.1, -0.05) is 57.2 Å². The lowest BCUT2D eigenvalue weighted by atomic mass is 9.86. The van der Waals surface area contributed by atoms with Gasteiger partial charge in [-0.2, -0.15) is 5.10 Å². The molecule has 0 aliphatic rings. The van der Waals surface area contributed by atoms with Gasteiger partial charge in [-0.05, 0) is 30.0 Å². The summed E-state index contributed by atoms with van der Waals surface area (Å²) in [6.07, 6.45) is 1.66. The zero-order valence-corrected chi connectivity index (χ0v) is 16.2. The minimum atomic E-state index is -0.299. The van der Waals surface area contributed by atoms with E-state index >= 15 is 0 Å². The predicted octanol–water partition coefficient (Wildman–Crippen LogP) is 4.30. The molecule has 0 atom stereocenters. The van der Waals surface area contributed by atoms with Gasteiger partial charge in [-0.15, -0.1) is 0 Å². The summed E-state index contributed by atoms with van der Waals surface area (Å²) in [6, 6.07) is 15.8. The number of aromatic amines is 1. The first kappa shape index (κ1) is 18.7. The molecule has 5 heteroatoms. The van der Waals surface area contributed by atoms with Crippen molar-refractivity contribution in [1.29, 1.82) is 0 Å². The number of amides is 1. The number of nitrogens with one attached hydrogen (secondary N) is 2. The summed E-state index contributed by atoms with van der Waals surface area (Å²) in [6.45, 7) is 8.24. The number of hydrazone groups is 1. The van der Waals surface area contributed by atoms with Gasteiger partial charge in [0, 0.05) is 22.2 Å². The number of aromatic nitrogens is 1. The third-order valence-electron chi connectivity index (χ3n) is 4.38. The van der Waals surface area contributed by atoms with Crippen LogP contribution in [0.25, 0.3) is 10.9 Å². The van der Waals surface area contributed by atoms with Gasteiger partial charge in [0.25, 0.3) is 5.91 Å². The maximum absolute atomic E-state index is 12.1. The van der Waals surface area contributed by atoms with Crippen LogP contribution in [0.3, 0.4) is 0 Å². The van der Waals surface area contributed by atoms with Crippen LogP contribution in [0.2, 0.25) is 0 Å². The molecule has 0 fully saturated rings. The Kier molecular flexibility index (Phi) is 5.31. The summed E-state index contributed by atoms with van der Waals surface area (Å²) < 4.78 is 5.72. The highest BCUT2D eigenvalue weighted by atomic mass is 16.5. The molecule has 5 nitrogen and oxygen atoms in total. The predicted molar refractivity (Wildman–Crippen MR) is 109 cm³/mol. The molecule has 2 aromatic carbocycles. The number of hydrogen-bond donors (Lipinski definition) is 2. The molecule has 0 radical (unpaired) electrons. The quantitative estimate of drug-likeness (QED) is 0.524. The molecular formula is C22H25N3O2. The molecule has 0 saturated heterocycles. The number of carbonyl (C=O) groups is 1. The van der Waals surface area contributed by atoms with Gasteiger partial charge in [0.05, 0.1) is 6.21 Å². The van der Waals surface area contributed by atoms with E-state index in [9.17, 15) is 4.79 Å². The number of carbonyl (C=O) groups excluding carboxylic acids is 1. The molecule has 2 N–H and O–H groups in total. The summed E-state index contributed by atoms with van der Waals surface area (Å²) >= 11 is 0. The van der Waals surface area contributed by atoms with Crippen LogP contribution in [0.15, 0.2) is 53.6 Å². The summed E-state index contributed by atoms with van der Waals surface area (Å²) in [4.78, 5) is 15.4. The zero-order chi connectivity index (χ0) is 19.4. The van der Waals surface area contributed by atoms with Gasteiger partial charge in [0.15, 0.2) is 6.61 Å². The molecule has 0 aliphatic carbocycles. The van der Waals surface area contributed by atoms with Gasteiger partial charge >= 0.3 is 0 Å². The molecular weight excluding hydrogens is 338 g/mol. The van der Waals surface area contributed by atoms with E-state index in [1.807, 2.05) is 55.5 Å². The highest BCUT2D eigenvalue weighted by molar-refractivity contribution is 6.00. The van der Waals surface area contributed by atoms with E-state index in [0.29, 0.717) is 0 Å². The third-order valence-corrected chi connectivity index (χ3v) is 4.38. The molecule has 0 saturated carbocycles. The summed E-state index contributed by atoms with van der Waals surface area (Å²) in [5.74, 6) is 0.420. The molecule has 3 aromatic rings. The van der Waals surface area contributed by atoms with Crippen LogP contribution in [0.5, 0.6) is 5.75 Å². The maximum atomic E-state index is 12.1. The number of aryl methyl sites for hydroxylation is 1. The molecule has 0 aliphatic heterocycles. The highest BCUT2D eigenvalue weighted by Crippen LogP contribution is 2.30. The number of hydrogen-bond acceptors (Lipinski definition) is 3. The minimum Gasteiger partial charge on any atom is -0.483 e. The second-order valence-electron chi connectivity index (χ2n) is 7.54. The molecule has 3 rings (SSSR count). The lowest BCUT2D eigenvalue weighted by Gasteiger charge is -2.22. The number of fused-ring (bicyclic) bond motifs is 1. The molecule has 1 amide bonds. The number of para-hydroxylation sites is 2. The SMILES string of the molecule is Cc1[nH]c2ccccc2c1/C=N/NC(=O)COc1ccccc1C(C)(C)C. The molecule has 140 valence electrons. The van der Waals surface area contributed by atoms with Crippen LogP contribution in [0.4, 0.5) is 0 Å². The van der Waals surface area contributed by atoms with E-state index in [4.69, 9.17) is 4.74 Å². The Labute approximate surface area is 159 Å². The van der Waals surface area contributed by atoms with Crippen LogP contribution in [-0.2, 0) is 10.2 Å². The zero-order valence-electron chi connectivity index (χ0n) is 16.2. The number of benzene rings is 2. The fourth-order valence-corrected chi connectivity index (χ4v) is 3.02. The van der Waals surface area contributed by atoms with Crippen molar-refractivity contribution in [3.63, 3.8) is 0 Å². The molecule has 0 spiro atoms. The monoisotopic (exact) mass is 363 g/mol. The van der Waals surface area contributed by atoms with Gasteiger partial charge in [0.1, 0.15) is 5.75 Å². The Morgan fingerprint density at radius 2 is 1.85 bits per heavy atom. The fraction of sp³-hybridized carbons (Fsp3) is 0.273. The van der Waals surface area contributed by atoms with Crippen molar-refractivity contribution in [2.45, 2.75) is 33.1 Å². The van der Waals surface area contributed by atoms with Gasteiger partial charge in [-0.3, -0.25) is 4.79 Å². The van der Waals surface area contributed by atoms with Crippen LogP contribution in [-0.4, -0.2) is 23.7 Å². The van der Waals surface area contributed by atoms with Crippen LogP contribution < -0.4 is 10.2 Å². The number of rotatable bonds is 5. The lowest BCUT2D eigenvalue weighted by molar-refractivity contribution is -0.123. The van der Waals surface area contributed by atoms with E-state index in [2.05, 4.69) is 36.3 Å². The Morgan fingerprint density at radius 1 is 1.15 bits per heavy atom. The van der Waals surface area contributed by atoms with Crippen molar-refractivity contribution in [2.75, 3.05) is 6.61 Å². The van der Waals surface area contributed by atoms with Gasteiger partial charge < -0.3 is 9.72 Å². The number of nitrogens with zero attached hydrogens (tertiary/aromatic N) is 1.